The Hall–Kier alpha value is -1.32. The molecule has 1 heterocycles. The first-order valence-electron chi connectivity index (χ1n) is 5.97. The van der Waals surface area contributed by atoms with Gasteiger partial charge in [-0.1, -0.05) is 6.08 Å². The highest BCUT2D eigenvalue weighted by atomic mass is 16.6. The topological polar surface area (TPSA) is 46.6 Å². The van der Waals surface area contributed by atoms with Crippen LogP contribution in [0, 0.1) is 5.92 Å². The standard InChI is InChI=1S/C12H19NO3/c1-6-9-7-10(14)13(8(9)2)11(15)16-12(3,4)5/h6,8-9H,1,7H2,2-5H3/t8-,9+/m1/s1/i2T. The van der Waals surface area contributed by atoms with Crippen LogP contribution < -0.4 is 0 Å². The third-order valence-electron chi connectivity index (χ3n) is 2.40. The normalized spacial score (nSPS) is 26.6. The second-order valence-electron chi connectivity index (χ2n) is 4.92. The molecule has 90 valence electrons. The highest BCUT2D eigenvalue weighted by molar-refractivity contribution is 5.94. The molecule has 2 amide bonds. The number of hydrogen-bond acceptors (Lipinski definition) is 3. The lowest BCUT2D eigenvalue weighted by atomic mass is 10.0. The smallest absolute Gasteiger partial charge is 0.417 e. The summed E-state index contributed by atoms with van der Waals surface area (Å²) in [7, 11) is 0. The van der Waals surface area contributed by atoms with E-state index >= 15 is 0 Å². The van der Waals surface area contributed by atoms with Crippen molar-refractivity contribution in [3.05, 3.63) is 12.7 Å². The molecular weight excluding hydrogens is 206 g/mol. The zero-order chi connectivity index (χ0) is 13.2. The van der Waals surface area contributed by atoms with Crippen molar-refractivity contribution < 1.29 is 15.7 Å². The Morgan fingerprint density at radius 1 is 1.69 bits per heavy atom. The van der Waals surface area contributed by atoms with Crippen LogP contribution in [0.25, 0.3) is 0 Å². The van der Waals surface area contributed by atoms with Crippen molar-refractivity contribution in [2.75, 3.05) is 0 Å². The van der Waals surface area contributed by atoms with E-state index in [1.165, 1.54) is 0 Å². The molecule has 0 aromatic carbocycles. The maximum Gasteiger partial charge on any atom is 0.417 e. The highest BCUT2D eigenvalue weighted by Gasteiger charge is 2.41. The van der Waals surface area contributed by atoms with Crippen LogP contribution in [0.5, 0.6) is 0 Å². The second-order valence-corrected chi connectivity index (χ2v) is 4.92. The molecule has 4 nitrogen and oxygen atoms in total. The van der Waals surface area contributed by atoms with Gasteiger partial charge in [-0.15, -0.1) is 6.58 Å². The number of carbonyl (C=O) groups is 2. The van der Waals surface area contributed by atoms with Crippen molar-refractivity contribution in [2.24, 2.45) is 5.92 Å². The van der Waals surface area contributed by atoms with Gasteiger partial charge in [0.2, 0.25) is 5.91 Å². The number of carbonyl (C=O) groups excluding carboxylic acids is 2. The van der Waals surface area contributed by atoms with Crippen LogP contribution in [0.4, 0.5) is 4.79 Å². The molecule has 0 spiro atoms. The third kappa shape index (κ3) is 2.62. The van der Waals surface area contributed by atoms with E-state index in [1.54, 1.807) is 26.8 Å². The summed E-state index contributed by atoms with van der Waals surface area (Å²) in [5.41, 5.74) is -0.643. The van der Waals surface area contributed by atoms with Crippen molar-refractivity contribution in [2.45, 2.75) is 45.7 Å². The summed E-state index contributed by atoms with van der Waals surface area (Å²) in [6.07, 6.45) is 1.19. The molecule has 1 saturated heterocycles. The van der Waals surface area contributed by atoms with E-state index in [9.17, 15) is 9.59 Å². The molecule has 4 heteroatoms. The molecule has 0 radical (unpaired) electrons. The highest BCUT2D eigenvalue weighted by Crippen LogP contribution is 2.27. The maximum atomic E-state index is 11.9. The van der Waals surface area contributed by atoms with E-state index in [1.807, 2.05) is 0 Å². The predicted octanol–water partition coefficient (Wildman–Crippen LogP) is 2.34. The largest absolute Gasteiger partial charge is 0.443 e. The van der Waals surface area contributed by atoms with Crippen molar-refractivity contribution in [1.29, 1.82) is 0 Å². The third-order valence-corrected chi connectivity index (χ3v) is 2.40. The van der Waals surface area contributed by atoms with Gasteiger partial charge in [-0.25, -0.2) is 9.69 Å². The molecule has 0 N–H and O–H groups in total. The summed E-state index contributed by atoms with van der Waals surface area (Å²) < 4.78 is 12.6. The Morgan fingerprint density at radius 3 is 2.75 bits per heavy atom. The number of imide groups is 1. The van der Waals surface area contributed by atoms with Crippen LogP contribution in [0.1, 0.15) is 35.5 Å². The average Bonchev–Trinajstić information content (AvgIpc) is 2.51. The summed E-state index contributed by atoms with van der Waals surface area (Å²) >= 11 is 0. The lowest BCUT2D eigenvalue weighted by molar-refractivity contribution is -0.127. The van der Waals surface area contributed by atoms with Crippen LogP contribution in [0.15, 0.2) is 12.7 Å². The van der Waals surface area contributed by atoms with E-state index in [2.05, 4.69) is 6.58 Å². The van der Waals surface area contributed by atoms with Gasteiger partial charge in [0.15, 0.2) is 0 Å². The van der Waals surface area contributed by atoms with Gasteiger partial charge in [0.1, 0.15) is 5.60 Å². The fourth-order valence-corrected chi connectivity index (χ4v) is 1.60. The van der Waals surface area contributed by atoms with Gasteiger partial charge < -0.3 is 4.74 Å². The van der Waals surface area contributed by atoms with Crippen molar-refractivity contribution >= 4 is 12.0 Å². The molecule has 1 aliphatic rings. The number of ether oxygens (including phenoxy) is 1. The van der Waals surface area contributed by atoms with E-state index in [0.717, 1.165) is 4.90 Å². The Bertz CT molecular complexity index is 335. The fourth-order valence-electron chi connectivity index (χ4n) is 1.60. The summed E-state index contributed by atoms with van der Waals surface area (Å²) in [4.78, 5) is 24.7. The van der Waals surface area contributed by atoms with Gasteiger partial charge in [-0.2, -0.15) is 0 Å². The first-order valence-corrected chi connectivity index (χ1v) is 5.27. The molecule has 1 rings (SSSR count). The van der Waals surface area contributed by atoms with Gasteiger partial charge in [0, 0.05) is 19.8 Å². The van der Waals surface area contributed by atoms with E-state index in [4.69, 9.17) is 6.11 Å². The molecule has 0 bridgehead atoms. The van der Waals surface area contributed by atoms with Crippen LogP contribution >= 0.6 is 0 Å². The molecule has 0 aromatic heterocycles. The van der Waals surface area contributed by atoms with E-state index < -0.39 is 17.7 Å². The quantitative estimate of drug-likeness (QED) is 0.646. The van der Waals surface area contributed by atoms with Gasteiger partial charge in [0.05, 0.1) is 0 Å². The Kier molecular flexibility index (Phi) is 2.99. The lowest BCUT2D eigenvalue weighted by Crippen LogP contribution is -2.42. The molecule has 1 aliphatic heterocycles. The number of rotatable bonds is 1. The molecule has 16 heavy (non-hydrogen) atoms. The summed E-state index contributed by atoms with van der Waals surface area (Å²) in [5, 5.41) is 0. The summed E-state index contributed by atoms with van der Waals surface area (Å²) in [6.45, 7) is 8.83. The molecule has 2 atom stereocenters. The van der Waals surface area contributed by atoms with Gasteiger partial charge in [-0.3, -0.25) is 4.79 Å². The molecule has 0 unspecified atom stereocenters. The lowest BCUT2D eigenvalue weighted by Gasteiger charge is -2.26. The molecular formula is C12H19NO3. The minimum absolute atomic E-state index is 0.0261. The van der Waals surface area contributed by atoms with E-state index in [0.29, 0.717) is 0 Å². The van der Waals surface area contributed by atoms with Crippen molar-refractivity contribution in [3.63, 3.8) is 0 Å². The number of amides is 2. The Balaban J connectivity index is 2.84. The first-order chi connectivity index (χ1) is 7.80. The van der Waals surface area contributed by atoms with Crippen LogP contribution in [-0.4, -0.2) is 28.5 Å². The average molecular weight is 227 g/mol. The minimum Gasteiger partial charge on any atom is -0.443 e. The number of nitrogens with zero attached hydrogens (tertiary/aromatic N) is 1. The van der Waals surface area contributed by atoms with Crippen LogP contribution in [-0.2, 0) is 9.53 Å². The molecule has 0 saturated carbocycles. The van der Waals surface area contributed by atoms with Gasteiger partial charge in [0.25, 0.3) is 0 Å². The molecule has 0 aromatic rings. The summed E-state index contributed by atoms with van der Waals surface area (Å²) in [6, 6.07) is -0.449. The first kappa shape index (κ1) is 11.2. The van der Waals surface area contributed by atoms with Gasteiger partial charge in [-0.05, 0) is 27.7 Å². The van der Waals surface area contributed by atoms with E-state index in [-0.39, 0.29) is 25.1 Å². The number of hydrogen-bond donors (Lipinski definition) is 0. The van der Waals surface area contributed by atoms with Crippen LogP contribution in [0.2, 0.25) is 0 Å². The monoisotopic (exact) mass is 227 g/mol. The van der Waals surface area contributed by atoms with Crippen LogP contribution in [0.3, 0.4) is 0 Å². The fraction of sp³-hybridized carbons (Fsp3) is 0.667. The van der Waals surface area contributed by atoms with Gasteiger partial charge >= 0.3 is 6.09 Å². The minimum atomic E-state index is -0.663. The Morgan fingerprint density at radius 2 is 2.31 bits per heavy atom. The van der Waals surface area contributed by atoms with Crippen molar-refractivity contribution in [1.82, 2.24) is 4.90 Å². The zero-order valence-electron chi connectivity index (χ0n) is 11.0. The molecule has 0 aliphatic carbocycles. The predicted molar refractivity (Wildman–Crippen MR) is 60.8 cm³/mol. The second kappa shape index (κ2) is 4.28. The van der Waals surface area contributed by atoms with Crippen molar-refractivity contribution in [3.8, 4) is 0 Å². The summed E-state index contributed by atoms with van der Waals surface area (Å²) in [5.74, 6) is -0.436. The SMILES string of the molecule is [3H]C[C@@H]1[C@@H](C=C)CC(=O)N1C(=O)OC(C)(C)C. The maximum absolute atomic E-state index is 11.9. The zero-order valence-corrected chi connectivity index (χ0v) is 10.0. The Labute approximate surface area is 97.7 Å². The number of likely N-dealkylation sites (tertiary alicyclic amines) is 1. The molecule has 1 fully saturated rings.